The monoisotopic (exact) mass is 907 g/mol. The highest BCUT2D eigenvalue weighted by atomic mass is 16.7. The Morgan fingerprint density at radius 3 is 1.50 bits per heavy atom. The van der Waals surface area contributed by atoms with Crippen LogP contribution in [0.15, 0.2) is 152 Å². The minimum atomic E-state index is -1.80. The minimum Gasteiger partial charge on any atom is -0.455 e. The number of hydrogen-bond donors (Lipinski definition) is 4. The zero-order valence-electron chi connectivity index (χ0n) is 36.6. The van der Waals surface area contributed by atoms with Crippen molar-refractivity contribution in [2.45, 2.75) is 100 Å². The molecule has 15 nitrogen and oxygen atoms in total. The molecular weight excluding hydrogens is 851 g/mol. The van der Waals surface area contributed by atoms with Gasteiger partial charge in [0.25, 0.3) is 0 Å². The van der Waals surface area contributed by atoms with Gasteiger partial charge in [0.05, 0.1) is 33.0 Å². The van der Waals surface area contributed by atoms with Gasteiger partial charge in [-0.1, -0.05) is 152 Å². The third kappa shape index (κ3) is 13.5. The van der Waals surface area contributed by atoms with Crippen LogP contribution in [0.2, 0.25) is 0 Å². The van der Waals surface area contributed by atoms with E-state index in [1.54, 1.807) is 48.5 Å². The molecule has 0 bridgehead atoms. The third-order valence-electron chi connectivity index (χ3n) is 11.2. The second kappa shape index (κ2) is 24.8. The molecule has 1 amide bonds. The number of carbonyl (C=O) groups is 2. The van der Waals surface area contributed by atoms with Crippen molar-refractivity contribution in [3.8, 4) is 0 Å². The van der Waals surface area contributed by atoms with E-state index in [2.05, 4.69) is 5.32 Å². The van der Waals surface area contributed by atoms with E-state index in [1.165, 1.54) is 7.11 Å². The summed E-state index contributed by atoms with van der Waals surface area (Å²) in [7, 11) is 1.49. The van der Waals surface area contributed by atoms with Gasteiger partial charge in [-0.05, 0) is 27.8 Å². The highest BCUT2D eigenvalue weighted by Crippen LogP contribution is 2.33. The molecule has 5 aromatic rings. The highest BCUT2D eigenvalue weighted by molar-refractivity contribution is 5.82. The van der Waals surface area contributed by atoms with Gasteiger partial charge in [0.2, 0.25) is 0 Å². The fourth-order valence-corrected chi connectivity index (χ4v) is 7.76. The number of benzene rings is 5. The maximum absolute atomic E-state index is 13.8. The van der Waals surface area contributed by atoms with Gasteiger partial charge in [0.15, 0.2) is 18.7 Å². The van der Waals surface area contributed by atoms with Gasteiger partial charge in [-0.3, -0.25) is 0 Å². The molecule has 2 fully saturated rings. The zero-order chi connectivity index (χ0) is 46.1. The summed E-state index contributed by atoms with van der Waals surface area (Å²) in [5.74, 6) is -0.960. The summed E-state index contributed by atoms with van der Waals surface area (Å²) in [6, 6.07) is 45.6. The Morgan fingerprint density at radius 2 is 1.00 bits per heavy atom. The first-order chi connectivity index (χ1) is 32.3. The Bertz CT molecular complexity index is 2170. The molecule has 0 aliphatic carbocycles. The highest BCUT2D eigenvalue weighted by Gasteiger charge is 2.51. The van der Waals surface area contributed by atoms with Gasteiger partial charge in [-0.15, -0.1) is 0 Å². The molecule has 6 unspecified atom stereocenters. The Hall–Kier alpha value is -5.56. The summed E-state index contributed by atoms with van der Waals surface area (Å²) in [6.07, 6.45) is -13.2. The Kier molecular flexibility index (Phi) is 18.2. The molecule has 7 rings (SSSR count). The molecular formula is C51H57NO14. The lowest BCUT2D eigenvalue weighted by Crippen LogP contribution is -2.63. The number of ether oxygens (including phenoxy) is 9. The van der Waals surface area contributed by atoms with E-state index in [1.807, 2.05) is 103 Å². The first-order valence-corrected chi connectivity index (χ1v) is 21.9. The van der Waals surface area contributed by atoms with Crippen molar-refractivity contribution in [3.63, 3.8) is 0 Å². The van der Waals surface area contributed by atoms with Crippen LogP contribution in [0.1, 0.15) is 27.8 Å². The SMILES string of the molecule is CO[C@H]1OC(CO[C@@H]2OC(CO)[C@@H](OC(=O)[C@H](Cc3ccccc3)NC(=O)OCc3ccccc3)C(O)C2O)[C@@H](OCc2ccccc2)C(OCc2ccccc2)C1OCc1ccccc1. The van der Waals surface area contributed by atoms with Crippen molar-refractivity contribution in [2.24, 2.45) is 0 Å². The van der Waals surface area contributed by atoms with Gasteiger partial charge in [-0.2, -0.15) is 0 Å². The van der Waals surface area contributed by atoms with Crippen LogP contribution in [0.4, 0.5) is 4.79 Å². The summed E-state index contributed by atoms with van der Waals surface area (Å²) in [5, 5.41) is 36.0. The van der Waals surface area contributed by atoms with Crippen molar-refractivity contribution < 1.29 is 67.5 Å². The summed E-state index contributed by atoms with van der Waals surface area (Å²) in [6.45, 7) is -0.453. The molecule has 15 heteroatoms. The van der Waals surface area contributed by atoms with E-state index >= 15 is 0 Å². The average Bonchev–Trinajstić information content (AvgIpc) is 3.36. The fourth-order valence-electron chi connectivity index (χ4n) is 7.76. The Balaban J connectivity index is 1.06. The number of aliphatic hydroxyl groups is 3. The second-order valence-corrected chi connectivity index (χ2v) is 16.0. The number of methoxy groups -OCH3 is 1. The molecule has 2 saturated heterocycles. The van der Waals surface area contributed by atoms with E-state index in [0.29, 0.717) is 5.56 Å². The number of aliphatic hydroxyl groups excluding tert-OH is 3. The molecule has 0 saturated carbocycles. The van der Waals surface area contributed by atoms with Crippen molar-refractivity contribution in [1.82, 2.24) is 5.32 Å². The van der Waals surface area contributed by atoms with E-state index in [-0.39, 0.29) is 39.5 Å². The number of esters is 1. The quantitative estimate of drug-likeness (QED) is 0.0719. The number of nitrogens with one attached hydrogen (secondary N) is 1. The number of hydrogen-bond acceptors (Lipinski definition) is 14. The number of carbonyl (C=O) groups excluding carboxylic acids is 2. The summed E-state index contributed by atoms with van der Waals surface area (Å²) >= 11 is 0. The summed E-state index contributed by atoms with van der Waals surface area (Å²) in [5.41, 5.74) is 4.17. The molecule has 2 aliphatic heterocycles. The maximum atomic E-state index is 13.8. The van der Waals surface area contributed by atoms with E-state index in [9.17, 15) is 24.9 Å². The number of rotatable bonds is 21. The van der Waals surface area contributed by atoms with E-state index in [4.69, 9.17) is 42.6 Å². The fraction of sp³-hybridized carbons (Fsp3) is 0.373. The molecule has 66 heavy (non-hydrogen) atoms. The molecule has 350 valence electrons. The van der Waals surface area contributed by atoms with Crippen LogP contribution in [-0.4, -0.2) is 115 Å². The predicted octanol–water partition coefficient (Wildman–Crippen LogP) is 5.02. The van der Waals surface area contributed by atoms with Crippen LogP contribution in [0.5, 0.6) is 0 Å². The lowest BCUT2D eigenvalue weighted by Gasteiger charge is -2.46. The van der Waals surface area contributed by atoms with Gasteiger partial charge < -0.3 is 63.3 Å². The Morgan fingerprint density at radius 1 is 0.545 bits per heavy atom. The van der Waals surface area contributed by atoms with Crippen molar-refractivity contribution >= 4 is 12.1 Å². The van der Waals surface area contributed by atoms with E-state index in [0.717, 1.165) is 22.3 Å². The van der Waals surface area contributed by atoms with E-state index < -0.39 is 86.1 Å². The lowest BCUT2D eigenvalue weighted by atomic mass is 9.97. The van der Waals surface area contributed by atoms with Crippen LogP contribution in [0, 0.1) is 0 Å². The predicted molar refractivity (Wildman–Crippen MR) is 238 cm³/mol. The van der Waals surface area contributed by atoms with Gasteiger partial charge in [0.1, 0.15) is 55.4 Å². The maximum Gasteiger partial charge on any atom is 0.408 e. The van der Waals surface area contributed by atoms with Crippen molar-refractivity contribution in [3.05, 3.63) is 179 Å². The van der Waals surface area contributed by atoms with Gasteiger partial charge in [0, 0.05) is 13.5 Å². The van der Waals surface area contributed by atoms with Crippen LogP contribution >= 0.6 is 0 Å². The van der Waals surface area contributed by atoms with Crippen LogP contribution in [0.25, 0.3) is 0 Å². The summed E-state index contributed by atoms with van der Waals surface area (Å²) in [4.78, 5) is 26.8. The van der Waals surface area contributed by atoms with Crippen LogP contribution in [0.3, 0.4) is 0 Å². The lowest BCUT2D eigenvalue weighted by molar-refractivity contribution is -0.342. The molecule has 4 N–H and O–H groups in total. The number of alkyl carbamates (subject to hydrolysis) is 1. The molecule has 0 radical (unpaired) electrons. The molecule has 2 heterocycles. The van der Waals surface area contributed by atoms with Gasteiger partial charge >= 0.3 is 12.1 Å². The standard InChI is InChI=1S/C51H57NO14/c1-58-50-47(61-31-37-23-13-5-14-24-37)46(60-30-36-21-11-4-12-22-36)45(59-29-35-19-9-3-10-20-35)41(65-50)33-62-49-43(55)42(54)44(40(28-53)64-49)66-48(56)39(27-34-17-7-2-8-18-34)52-51(57)63-32-38-25-15-6-16-26-38/h2-26,39-47,49-50,53-55H,27-33H2,1H3,(H,52,57)/t39-,40?,41?,42?,43?,44+,45+,46?,47?,49+,50-/m0/s1. The normalized spacial score (nSPS) is 25.6. The molecule has 2 aliphatic rings. The third-order valence-corrected chi connectivity index (χ3v) is 11.2. The smallest absolute Gasteiger partial charge is 0.408 e. The Labute approximate surface area is 384 Å². The second-order valence-electron chi connectivity index (χ2n) is 16.0. The first-order valence-electron chi connectivity index (χ1n) is 21.9. The first kappa shape index (κ1) is 48.4. The van der Waals surface area contributed by atoms with Crippen LogP contribution in [-0.2, 0) is 80.3 Å². The van der Waals surface area contributed by atoms with Crippen molar-refractivity contribution in [1.29, 1.82) is 0 Å². The molecule has 11 atom stereocenters. The largest absolute Gasteiger partial charge is 0.455 e. The zero-order valence-corrected chi connectivity index (χ0v) is 36.6. The average molecular weight is 908 g/mol. The number of amides is 1. The van der Waals surface area contributed by atoms with Crippen molar-refractivity contribution in [2.75, 3.05) is 20.3 Å². The van der Waals surface area contributed by atoms with Gasteiger partial charge in [-0.25, -0.2) is 9.59 Å². The molecule has 5 aromatic carbocycles. The molecule has 0 aromatic heterocycles. The summed E-state index contributed by atoms with van der Waals surface area (Å²) < 4.78 is 55.4. The van der Waals surface area contributed by atoms with Crippen LogP contribution < -0.4 is 5.32 Å². The minimum absolute atomic E-state index is 0.00738. The molecule has 0 spiro atoms. The topological polar surface area (TPSA) is 190 Å².